The van der Waals surface area contributed by atoms with Gasteiger partial charge in [0.1, 0.15) is 0 Å². The van der Waals surface area contributed by atoms with Gasteiger partial charge in [0, 0.05) is 32.9 Å². The van der Waals surface area contributed by atoms with Crippen molar-refractivity contribution in [1.29, 1.82) is 0 Å². The van der Waals surface area contributed by atoms with Crippen molar-refractivity contribution in [3.8, 4) is 0 Å². The molecule has 0 aliphatic rings. The summed E-state index contributed by atoms with van der Waals surface area (Å²) >= 11 is 0. The van der Waals surface area contributed by atoms with Gasteiger partial charge >= 0.3 is 0 Å². The van der Waals surface area contributed by atoms with Crippen LogP contribution in [0.2, 0.25) is 0 Å². The Balaban J connectivity index is 3.28. The van der Waals surface area contributed by atoms with Gasteiger partial charge < -0.3 is 14.4 Å². The molecule has 3 heteroatoms. The van der Waals surface area contributed by atoms with Gasteiger partial charge in [0.2, 0.25) is 0 Å². The fourth-order valence-corrected chi connectivity index (χ4v) is 2.40. The Bertz CT molecular complexity index is 266. The van der Waals surface area contributed by atoms with E-state index in [1.165, 1.54) is 25.7 Å². The van der Waals surface area contributed by atoms with E-state index >= 15 is 0 Å². The first-order valence-corrected chi connectivity index (χ1v) is 9.50. The van der Waals surface area contributed by atoms with Crippen molar-refractivity contribution >= 4 is 0 Å². The predicted octanol–water partition coefficient (Wildman–Crippen LogP) is 5.14. The van der Waals surface area contributed by atoms with E-state index in [1.54, 1.807) is 0 Å². The van der Waals surface area contributed by atoms with Crippen LogP contribution in [0, 0.1) is 5.41 Å². The Morgan fingerprint density at radius 3 is 1.83 bits per heavy atom. The Morgan fingerprint density at radius 2 is 1.26 bits per heavy atom. The molecule has 0 bridgehead atoms. The molecule has 0 aromatic rings. The van der Waals surface area contributed by atoms with Crippen molar-refractivity contribution in [3.05, 3.63) is 0 Å². The molecule has 0 N–H and O–H groups in total. The average Bonchev–Trinajstić information content (AvgIpc) is 2.39. The third-order valence-corrected chi connectivity index (χ3v) is 3.76. The highest BCUT2D eigenvalue weighted by molar-refractivity contribution is 4.61. The monoisotopic (exact) mass is 329 g/mol. The summed E-state index contributed by atoms with van der Waals surface area (Å²) in [5.41, 5.74) is 0.461. The van der Waals surface area contributed by atoms with Crippen LogP contribution in [-0.4, -0.2) is 50.5 Å². The van der Waals surface area contributed by atoms with E-state index in [0.717, 1.165) is 45.8 Å². The summed E-state index contributed by atoms with van der Waals surface area (Å²) in [6, 6.07) is 0. The molecule has 0 saturated heterocycles. The number of ether oxygens (including phenoxy) is 2. The van der Waals surface area contributed by atoms with Gasteiger partial charge in [0.05, 0.1) is 5.60 Å². The van der Waals surface area contributed by atoms with Crippen molar-refractivity contribution in [2.75, 3.05) is 40.0 Å². The van der Waals surface area contributed by atoms with Crippen molar-refractivity contribution in [1.82, 2.24) is 4.90 Å². The molecule has 0 saturated carbocycles. The van der Waals surface area contributed by atoms with Crippen LogP contribution in [0.3, 0.4) is 0 Å². The smallest absolute Gasteiger partial charge is 0.0598 e. The van der Waals surface area contributed by atoms with Crippen LogP contribution in [-0.2, 0) is 9.47 Å². The zero-order valence-corrected chi connectivity index (χ0v) is 17.0. The maximum absolute atomic E-state index is 5.74. The summed E-state index contributed by atoms with van der Waals surface area (Å²) in [4.78, 5) is 2.37. The van der Waals surface area contributed by atoms with E-state index < -0.39 is 0 Å². The van der Waals surface area contributed by atoms with Gasteiger partial charge in [-0.15, -0.1) is 0 Å². The number of hydrogen-bond acceptors (Lipinski definition) is 3. The van der Waals surface area contributed by atoms with Crippen LogP contribution in [0.25, 0.3) is 0 Å². The lowest BCUT2D eigenvalue weighted by Crippen LogP contribution is -2.25. The number of nitrogens with zero attached hydrogens (tertiary/aromatic N) is 1. The summed E-state index contributed by atoms with van der Waals surface area (Å²) in [5.74, 6) is 0. The van der Waals surface area contributed by atoms with Gasteiger partial charge in [-0.25, -0.2) is 0 Å². The van der Waals surface area contributed by atoms with Gasteiger partial charge in [-0.1, -0.05) is 33.6 Å². The molecule has 0 unspecified atom stereocenters. The molecule has 0 spiro atoms. The van der Waals surface area contributed by atoms with E-state index in [2.05, 4.69) is 53.5 Å². The standard InChI is InChI=1S/C20H43NO2/c1-19(2,3)13-9-8-10-16-22-17-11-14-21(7)15-12-18-23-20(4,5)6/h8-18H2,1-7H3. The van der Waals surface area contributed by atoms with Crippen molar-refractivity contribution in [2.45, 2.75) is 85.7 Å². The molecule has 0 aromatic heterocycles. The second-order valence-corrected chi connectivity index (χ2v) is 8.95. The van der Waals surface area contributed by atoms with E-state index in [1.807, 2.05) is 0 Å². The topological polar surface area (TPSA) is 21.7 Å². The van der Waals surface area contributed by atoms with Crippen LogP contribution in [0.1, 0.15) is 80.1 Å². The lowest BCUT2D eigenvalue weighted by atomic mass is 9.89. The molecule has 0 fully saturated rings. The minimum atomic E-state index is -0.0146. The van der Waals surface area contributed by atoms with Crippen molar-refractivity contribution < 1.29 is 9.47 Å². The van der Waals surface area contributed by atoms with Gasteiger partial charge in [-0.2, -0.15) is 0 Å². The minimum Gasteiger partial charge on any atom is -0.381 e. The molecular weight excluding hydrogens is 286 g/mol. The molecule has 23 heavy (non-hydrogen) atoms. The fraction of sp³-hybridized carbons (Fsp3) is 1.00. The van der Waals surface area contributed by atoms with Crippen molar-refractivity contribution in [2.24, 2.45) is 5.41 Å². The maximum Gasteiger partial charge on any atom is 0.0598 e. The molecule has 0 heterocycles. The minimum absolute atomic E-state index is 0.0146. The number of unbranched alkanes of at least 4 members (excludes halogenated alkanes) is 2. The lowest BCUT2D eigenvalue weighted by molar-refractivity contribution is -0.00644. The zero-order valence-electron chi connectivity index (χ0n) is 17.0. The second kappa shape index (κ2) is 12.3. The van der Waals surface area contributed by atoms with Gasteiger partial charge in [-0.05, 0) is 58.9 Å². The molecule has 140 valence electrons. The van der Waals surface area contributed by atoms with Crippen LogP contribution < -0.4 is 0 Å². The quantitative estimate of drug-likeness (QED) is 0.437. The van der Waals surface area contributed by atoms with Crippen LogP contribution in [0.5, 0.6) is 0 Å². The summed E-state index contributed by atoms with van der Waals surface area (Å²) in [7, 11) is 2.18. The first-order valence-electron chi connectivity index (χ1n) is 9.50. The highest BCUT2D eigenvalue weighted by Gasteiger charge is 2.09. The average molecular weight is 330 g/mol. The first-order chi connectivity index (χ1) is 10.6. The van der Waals surface area contributed by atoms with Crippen LogP contribution >= 0.6 is 0 Å². The molecule has 0 amide bonds. The highest BCUT2D eigenvalue weighted by Crippen LogP contribution is 2.21. The number of hydrogen-bond donors (Lipinski definition) is 0. The van der Waals surface area contributed by atoms with Crippen LogP contribution in [0.4, 0.5) is 0 Å². The van der Waals surface area contributed by atoms with Gasteiger partial charge in [0.25, 0.3) is 0 Å². The fourth-order valence-electron chi connectivity index (χ4n) is 2.40. The Labute approximate surface area is 146 Å². The van der Waals surface area contributed by atoms with E-state index in [9.17, 15) is 0 Å². The van der Waals surface area contributed by atoms with E-state index in [0.29, 0.717) is 5.41 Å². The zero-order chi connectivity index (χ0) is 17.8. The molecule has 0 atom stereocenters. The van der Waals surface area contributed by atoms with E-state index in [-0.39, 0.29) is 5.60 Å². The third-order valence-electron chi connectivity index (χ3n) is 3.76. The first kappa shape index (κ1) is 22.9. The Kier molecular flexibility index (Phi) is 12.2. The SMILES string of the molecule is CN(CCCOCCCCCC(C)(C)C)CCCOC(C)(C)C. The second-order valence-electron chi connectivity index (χ2n) is 8.95. The molecule has 0 aliphatic heterocycles. The molecule has 0 aliphatic carbocycles. The van der Waals surface area contributed by atoms with E-state index in [4.69, 9.17) is 9.47 Å². The predicted molar refractivity (Wildman–Crippen MR) is 101 cm³/mol. The summed E-state index contributed by atoms with van der Waals surface area (Å²) in [6.07, 6.45) is 7.37. The molecule has 3 nitrogen and oxygen atoms in total. The highest BCUT2D eigenvalue weighted by atomic mass is 16.5. The summed E-state index contributed by atoms with van der Waals surface area (Å²) in [5, 5.41) is 0. The Hall–Kier alpha value is -0.120. The molecule has 0 radical (unpaired) electrons. The van der Waals surface area contributed by atoms with Gasteiger partial charge in [0.15, 0.2) is 0 Å². The lowest BCUT2D eigenvalue weighted by Gasteiger charge is -2.21. The third kappa shape index (κ3) is 19.8. The largest absolute Gasteiger partial charge is 0.381 e. The maximum atomic E-state index is 5.74. The molecular formula is C20H43NO2. The normalized spacial score (nSPS) is 13.0. The van der Waals surface area contributed by atoms with Crippen LogP contribution in [0.15, 0.2) is 0 Å². The summed E-state index contributed by atoms with van der Waals surface area (Å²) in [6.45, 7) is 18.1. The Morgan fingerprint density at radius 1 is 0.696 bits per heavy atom. The summed E-state index contributed by atoms with van der Waals surface area (Å²) < 4.78 is 11.5. The molecule has 0 rings (SSSR count). The van der Waals surface area contributed by atoms with Crippen molar-refractivity contribution in [3.63, 3.8) is 0 Å². The molecule has 0 aromatic carbocycles. The van der Waals surface area contributed by atoms with Gasteiger partial charge in [-0.3, -0.25) is 0 Å². The number of rotatable bonds is 13.